The maximum Gasteiger partial charge on any atom is 0.254 e. The summed E-state index contributed by atoms with van der Waals surface area (Å²) in [6.45, 7) is 5.88. The fraction of sp³-hybridized carbons (Fsp3) is 0.667. The number of nitrogens with zero attached hydrogens (tertiary/aromatic N) is 1. The van der Waals surface area contributed by atoms with E-state index in [-0.39, 0.29) is 5.56 Å². The van der Waals surface area contributed by atoms with Gasteiger partial charge in [-0.1, -0.05) is 6.92 Å². The van der Waals surface area contributed by atoms with Crippen LogP contribution in [0, 0.1) is 6.92 Å². The highest BCUT2D eigenvalue weighted by molar-refractivity contribution is 5.17. The number of nitrogens with one attached hydrogen (secondary N) is 2. The molecule has 1 aromatic rings. The molecule has 0 amide bonds. The molecule has 16 heavy (non-hydrogen) atoms. The van der Waals surface area contributed by atoms with Crippen LogP contribution in [0.4, 0.5) is 0 Å². The van der Waals surface area contributed by atoms with Gasteiger partial charge in [0.05, 0.1) is 5.69 Å². The molecule has 0 saturated carbocycles. The van der Waals surface area contributed by atoms with Gasteiger partial charge in [-0.3, -0.25) is 4.79 Å². The zero-order chi connectivity index (χ0) is 11.5. The average Bonchev–Trinajstić information content (AvgIpc) is 2.33. The predicted octanol–water partition coefficient (Wildman–Crippen LogP) is 1.11. The van der Waals surface area contributed by atoms with Crippen LogP contribution in [0.3, 0.4) is 0 Å². The lowest BCUT2D eigenvalue weighted by Gasteiger charge is -2.22. The first kappa shape index (κ1) is 11.3. The van der Waals surface area contributed by atoms with E-state index >= 15 is 0 Å². The Morgan fingerprint density at radius 2 is 2.31 bits per heavy atom. The summed E-state index contributed by atoms with van der Waals surface area (Å²) in [5, 5.41) is 3.34. The zero-order valence-electron chi connectivity index (χ0n) is 9.97. The number of aromatic nitrogens is 2. The standard InChI is InChI=1S/C12H19N3O/c1-3-10-8(2)12(16)15-11(14-10)9-5-4-6-13-7-9/h9,13H,3-7H2,1-2H3,(H,14,15,16). The summed E-state index contributed by atoms with van der Waals surface area (Å²) in [7, 11) is 0. The lowest BCUT2D eigenvalue weighted by Crippen LogP contribution is -2.31. The number of hydrogen-bond donors (Lipinski definition) is 2. The van der Waals surface area contributed by atoms with E-state index in [0.717, 1.165) is 49.4 Å². The van der Waals surface area contributed by atoms with Crippen molar-refractivity contribution in [3.05, 3.63) is 27.4 Å². The van der Waals surface area contributed by atoms with E-state index in [1.807, 2.05) is 13.8 Å². The van der Waals surface area contributed by atoms with Crippen molar-refractivity contribution in [2.24, 2.45) is 0 Å². The molecule has 1 aliphatic heterocycles. The topological polar surface area (TPSA) is 57.8 Å². The van der Waals surface area contributed by atoms with Gasteiger partial charge in [-0.05, 0) is 32.7 Å². The monoisotopic (exact) mass is 221 g/mol. The summed E-state index contributed by atoms with van der Waals surface area (Å²) in [6.07, 6.45) is 3.09. The summed E-state index contributed by atoms with van der Waals surface area (Å²) in [4.78, 5) is 19.2. The molecule has 4 heteroatoms. The van der Waals surface area contributed by atoms with Crippen LogP contribution in [-0.4, -0.2) is 23.1 Å². The molecular formula is C12H19N3O. The van der Waals surface area contributed by atoms with Gasteiger partial charge in [-0.2, -0.15) is 0 Å². The maximum absolute atomic E-state index is 11.7. The average molecular weight is 221 g/mol. The number of aromatic amines is 1. The highest BCUT2D eigenvalue weighted by atomic mass is 16.1. The molecule has 2 rings (SSSR count). The molecule has 1 aliphatic rings. The Kier molecular flexibility index (Phi) is 3.39. The molecule has 1 unspecified atom stereocenters. The summed E-state index contributed by atoms with van der Waals surface area (Å²) in [6, 6.07) is 0. The maximum atomic E-state index is 11.7. The van der Waals surface area contributed by atoms with Crippen molar-refractivity contribution < 1.29 is 0 Å². The first-order valence-corrected chi connectivity index (χ1v) is 6.02. The minimum atomic E-state index is 0.0208. The van der Waals surface area contributed by atoms with Gasteiger partial charge in [-0.25, -0.2) is 4.98 Å². The quantitative estimate of drug-likeness (QED) is 0.786. The molecule has 0 bridgehead atoms. The lowest BCUT2D eigenvalue weighted by molar-refractivity contribution is 0.444. The Morgan fingerprint density at radius 3 is 2.94 bits per heavy atom. The normalized spacial score (nSPS) is 21.0. The molecule has 88 valence electrons. The van der Waals surface area contributed by atoms with Crippen molar-refractivity contribution in [1.29, 1.82) is 0 Å². The summed E-state index contributed by atoms with van der Waals surface area (Å²) < 4.78 is 0. The Morgan fingerprint density at radius 1 is 1.50 bits per heavy atom. The van der Waals surface area contributed by atoms with Crippen LogP contribution in [0.5, 0.6) is 0 Å². The summed E-state index contributed by atoms with van der Waals surface area (Å²) in [5.41, 5.74) is 1.71. The van der Waals surface area contributed by atoms with Crippen molar-refractivity contribution >= 4 is 0 Å². The van der Waals surface area contributed by atoms with Gasteiger partial charge < -0.3 is 10.3 Å². The zero-order valence-corrected chi connectivity index (χ0v) is 9.97. The van der Waals surface area contributed by atoms with Crippen LogP contribution < -0.4 is 10.9 Å². The number of aryl methyl sites for hydroxylation is 1. The van der Waals surface area contributed by atoms with Crippen LogP contribution in [0.15, 0.2) is 4.79 Å². The second kappa shape index (κ2) is 4.78. The third-order valence-corrected chi connectivity index (χ3v) is 3.29. The molecule has 1 atom stereocenters. The first-order valence-electron chi connectivity index (χ1n) is 6.02. The van der Waals surface area contributed by atoms with E-state index < -0.39 is 0 Å². The highest BCUT2D eigenvalue weighted by Crippen LogP contribution is 2.19. The smallest absolute Gasteiger partial charge is 0.254 e. The molecule has 1 fully saturated rings. The molecular weight excluding hydrogens is 202 g/mol. The Labute approximate surface area is 95.5 Å². The van der Waals surface area contributed by atoms with E-state index in [2.05, 4.69) is 15.3 Å². The van der Waals surface area contributed by atoms with Crippen LogP contribution in [0.25, 0.3) is 0 Å². The van der Waals surface area contributed by atoms with Gasteiger partial charge in [0.15, 0.2) is 0 Å². The number of rotatable bonds is 2. The van der Waals surface area contributed by atoms with Gasteiger partial charge >= 0.3 is 0 Å². The van der Waals surface area contributed by atoms with E-state index in [0.29, 0.717) is 5.92 Å². The number of H-pyrrole nitrogens is 1. The third kappa shape index (κ3) is 2.16. The SMILES string of the molecule is CCc1nc(C2CCCNC2)[nH]c(=O)c1C. The molecule has 1 aromatic heterocycles. The molecule has 0 radical (unpaired) electrons. The second-order valence-corrected chi connectivity index (χ2v) is 4.42. The van der Waals surface area contributed by atoms with Gasteiger partial charge in [-0.15, -0.1) is 0 Å². The van der Waals surface area contributed by atoms with Gasteiger partial charge in [0.2, 0.25) is 0 Å². The molecule has 0 aromatic carbocycles. The van der Waals surface area contributed by atoms with Crippen molar-refractivity contribution in [3.8, 4) is 0 Å². The van der Waals surface area contributed by atoms with Crippen molar-refractivity contribution in [1.82, 2.24) is 15.3 Å². The molecule has 1 saturated heterocycles. The predicted molar refractivity (Wildman–Crippen MR) is 63.8 cm³/mol. The molecule has 0 aliphatic carbocycles. The molecule has 2 N–H and O–H groups in total. The minimum Gasteiger partial charge on any atom is -0.316 e. The summed E-state index contributed by atoms with van der Waals surface area (Å²) in [5.74, 6) is 1.23. The fourth-order valence-electron chi connectivity index (χ4n) is 2.22. The first-order chi connectivity index (χ1) is 7.72. The third-order valence-electron chi connectivity index (χ3n) is 3.29. The van der Waals surface area contributed by atoms with Crippen LogP contribution >= 0.6 is 0 Å². The minimum absolute atomic E-state index is 0.0208. The van der Waals surface area contributed by atoms with Crippen LogP contribution in [0.2, 0.25) is 0 Å². The Balaban J connectivity index is 2.33. The van der Waals surface area contributed by atoms with Gasteiger partial charge in [0.25, 0.3) is 5.56 Å². The van der Waals surface area contributed by atoms with E-state index in [4.69, 9.17) is 0 Å². The molecule has 2 heterocycles. The van der Waals surface area contributed by atoms with E-state index in [1.165, 1.54) is 0 Å². The number of piperidine rings is 1. The molecule has 0 spiro atoms. The summed E-state index contributed by atoms with van der Waals surface area (Å²) >= 11 is 0. The van der Waals surface area contributed by atoms with Crippen molar-refractivity contribution in [3.63, 3.8) is 0 Å². The Bertz CT molecular complexity index is 419. The van der Waals surface area contributed by atoms with E-state index in [9.17, 15) is 4.79 Å². The lowest BCUT2D eigenvalue weighted by atomic mass is 9.98. The second-order valence-electron chi connectivity index (χ2n) is 4.42. The molecule has 4 nitrogen and oxygen atoms in total. The van der Waals surface area contributed by atoms with Crippen LogP contribution in [0.1, 0.15) is 42.8 Å². The van der Waals surface area contributed by atoms with Crippen LogP contribution in [-0.2, 0) is 6.42 Å². The Hall–Kier alpha value is -1.16. The highest BCUT2D eigenvalue weighted by Gasteiger charge is 2.18. The number of hydrogen-bond acceptors (Lipinski definition) is 3. The fourth-order valence-corrected chi connectivity index (χ4v) is 2.22. The van der Waals surface area contributed by atoms with Crippen molar-refractivity contribution in [2.75, 3.05) is 13.1 Å². The largest absolute Gasteiger partial charge is 0.316 e. The van der Waals surface area contributed by atoms with Gasteiger partial charge in [0.1, 0.15) is 5.82 Å². The van der Waals surface area contributed by atoms with E-state index in [1.54, 1.807) is 0 Å². The van der Waals surface area contributed by atoms with Gasteiger partial charge in [0, 0.05) is 18.0 Å². The van der Waals surface area contributed by atoms with Crippen molar-refractivity contribution in [2.45, 2.75) is 39.0 Å².